The van der Waals surface area contributed by atoms with Gasteiger partial charge in [-0.1, -0.05) is 11.3 Å². The lowest BCUT2D eigenvalue weighted by Gasteiger charge is -2.57. The summed E-state index contributed by atoms with van der Waals surface area (Å²) in [6, 6.07) is 0. The van der Waals surface area contributed by atoms with E-state index in [2.05, 4.69) is 10.2 Å². The van der Waals surface area contributed by atoms with Crippen LogP contribution in [0.15, 0.2) is 0 Å². The number of hydrogen-bond acceptors (Lipinski definition) is 4. The first-order valence-corrected chi connectivity index (χ1v) is 8.97. The smallest absolute Gasteiger partial charge is 0.284 e. The van der Waals surface area contributed by atoms with Crippen molar-refractivity contribution in [2.75, 3.05) is 13.6 Å². The number of amides is 1. The maximum Gasteiger partial charge on any atom is 0.284 e. The first kappa shape index (κ1) is 13.9. The molecule has 0 radical (unpaired) electrons. The number of nitrogens with zero attached hydrogens (tertiary/aromatic N) is 3. The Balaban J connectivity index is 1.49. The van der Waals surface area contributed by atoms with Crippen LogP contribution in [0.2, 0.25) is 4.47 Å². The summed E-state index contributed by atoms with van der Waals surface area (Å²) in [5.41, 5.74) is 0.369. The van der Waals surface area contributed by atoms with E-state index in [1.165, 1.54) is 49.9 Å². The van der Waals surface area contributed by atoms with E-state index in [0.717, 1.165) is 24.3 Å². The molecule has 0 spiro atoms. The van der Waals surface area contributed by atoms with Gasteiger partial charge >= 0.3 is 0 Å². The molecular formula is C15H20ClN3OS. The molecule has 4 fully saturated rings. The van der Waals surface area contributed by atoms with Gasteiger partial charge in [0.25, 0.3) is 5.91 Å². The molecule has 1 heterocycles. The highest BCUT2D eigenvalue weighted by molar-refractivity contribution is 7.17. The number of carbonyl (C=O) groups is 1. The van der Waals surface area contributed by atoms with Gasteiger partial charge in [-0.3, -0.25) is 4.79 Å². The van der Waals surface area contributed by atoms with Crippen LogP contribution in [-0.2, 0) is 0 Å². The van der Waals surface area contributed by atoms with Crippen LogP contribution in [0.3, 0.4) is 0 Å². The van der Waals surface area contributed by atoms with Crippen LogP contribution in [0.4, 0.5) is 0 Å². The number of carbonyl (C=O) groups excluding carboxylic acids is 1. The Morgan fingerprint density at radius 3 is 2.29 bits per heavy atom. The van der Waals surface area contributed by atoms with Gasteiger partial charge in [0.05, 0.1) is 0 Å². The third kappa shape index (κ3) is 2.48. The molecule has 4 bridgehead atoms. The molecule has 0 atom stereocenters. The van der Waals surface area contributed by atoms with Gasteiger partial charge in [-0.05, 0) is 73.3 Å². The first-order chi connectivity index (χ1) is 10.0. The highest BCUT2D eigenvalue weighted by Gasteiger charge is 2.51. The number of rotatable bonds is 3. The second-order valence-electron chi connectivity index (χ2n) is 7.44. The third-order valence-corrected chi connectivity index (χ3v) is 6.67. The molecule has 6 heteroatoms. The van der Waals surface area contributed by atoms with Crippen LogP contribution < -0.4 is 0 Å². The van der Waals surface area contributed by atoms with E-state index in [4.69, 9.17) is 11.6 Å². The molecule has 5 rings (SSSR count). The van der Waals surface area contributed by atoms with Gasteiger partial charge in [-0.2, -0.15) is 0 Å². The molecule has 4 aliphatic rings. The summed E-state index contributed by atoms with van der Waals surface area (Å²) in [4.78, 5) is 14.3. The fraction of sp³-hybridized carbons (Fsp3) is 0.800. The largest absolute Gasteiger partial charge is 0.339 e. The molecule has 4 saturated carbocycles. The molecule has 1 aromatic heterocycles. The van der Waals surface area contributed by atoms with Crippen LogP contribution in [0, 0.1) is 23.2 Å². The molecule has 0 N–H and O–H groups in total. The first-order valence-electron chi connectivity index (χ1n) is 7.77. The van der Waals surface area contributed by atoms with Crippen LogP contribution in [0.1, 0.15) is 48.3 Å². The molecule has 1 aromatic rings. The van der Waals surface area contributed by atoms with Crippen molar-refractivity contribution in [2.45, 2.75) is 38.5 Å². The fourth-order valence-corrected chi connectivity index (χ4v) is 6.34. The van der Waals surface area contributed by atoms with Crippen LogP contribution in [0.5, 0.6) is 0 Å². The minimum atomic E-state index is -0.0323. The maximum absolute atomic E-state index is 12.5. The van der Waals surface area contributed by atoms with Gasteiger partial charge in [0.15, 0.2) is 0 Å². The lowest BCUT2D eigenvalue weighted by atomic mass is 9.49. The fourth-order valence-electron chi connectivity index (χ4n) is 5.51. The van der Waals surface area contributed by atoms with Crippen molar-refractivity contribution in [1.82, 2.24) is 15.1 Å². The molecule has 0 aromatic carbocycles. The average molecular weight is 326 g/mol. The topological polar surface area (TPSA) is 46.1 Å². The highest BCUT2D eigenvalue weighted by Crippen LogP contribution is 2.60. The minimum absolute atomic E-state index is 0.0323. The van der Waals surface area contributed by atoms with Crippen LogP contribution in [-0.4, -0.2) is 34.6 Å². The van der Waals surface area contributed by atoms with Crippen LogP contribution >= 0.6 is 22.9 Å². The molecule has 4 aliphatic carbocycles. The summed E-state index contributed by atoms with van der Waals surface area (Å²) >= 11 is 6.95. The van der Waals surface area contributed by atoms with E-state index in [9.17, 15) is 4.79 Å². The number of halogens is 1. The zero-order valence-corrected chi connectivity index (χ0v) is 13.8. The van der Waals surface area contributed by atoms with Gasteiger partial charge in [-0.15, -0.1) is 10.2 Å². The van der Waals surface area contributed by atoms with E-state index >= 15 is 0 Å². The molecule has 0 saturated heterocycles. The SMILES string of the molecule is CN(CC12CC3CC(CC(C3)C1)C2)C(=O)c1nnc(Cl)s1. The van der Waals surface area contributed by atoms with Crippen molar-refractivity contribution in [1.29, 1.82) is 0 Å². The van der Waals surface area contributed by atoms with Crippen molar-refractivity contribution < 1.29 is 4.79 Å². The second kappa shape index (κ2) is 4.92. The van der Waals surface area contributed by atoms with Crippen molar-refractivity contribution >= 4 is 28.8 Å². The average Bonchev–Trinajstić information content (AvgIpc) is 2.82. The summed E-state index contributed by atoms with van der Waals surface area (Å²) in [5.74, 6) is 2.71. The Kier molecular flexibility index (Phi) is 3.26. The predicted octanol–water partition coefficient (Wildman–Crippen LogP) is 3.48. The zero-order chi connectivity index (χ0) is 14.6. The maximum atomic E-state index is 12.5. The quantitative estimate of drug-likeness (QED) is 0.854. The Labute approximate surface area is 133 Å². The number of hydrogen-bond donors (Lipinski definition) is 0. The molecular weight excluding hydrogens is 306 g/mol. The normalized spacial score (nSPS) is 37.0. The molecule has 0 unspecified atom stereocenters. The van der Waals surface area contributed by atoms with E-state index in [1.807, 2.05) is 11.9 Å². The van der Waals surface area contributed by atoms with Crippen molar-refractivity contribution in [3.63, 3.8) is 0 Å². The molecule has 4 nitrogen and oxygen atoms in total. The monoisotopic (exact) mass is 325 g/mol. The highest BCUT2D eigenvalue weighted by atomic mass is 35.5. The molecule has 0 aliphatic heterocycles. The van der Waals surface area contributed by atoms with Crippen molar-refractivity contribution in [2.24, 2.45) is 23.2 Å². The Hall–Kier alpha value is -0.680. The second-order valence-corrected chi connectivity index (χ2v) is 9.00. The minimum Gasteiger partial charge on any atom is -0.339 e. The lowest BCUT2D eigenvalue weighted by Crippen LogP contribution is -2.51. The van der Waals surface area contributed by atoms with Crippen molar-refractivity contribution in [3.8, 4) is 0 Å². The summed E-state index contributed by atoms with van der Waals surface area (Å²) < 4.78 is 0.335. The zero-order valence-electron chi connectivity index (χ0n) is 12.2. The molecule has 114 valence electrons. The van der Waals surface area contributed by atoms with E-state index in [-0.39, 0.29) is 5.91 Å². The van der Waals surface area contributed by atoms with E-state index in [1.54, 1.807) is 0 Å². The molecule has 21 heavy (non-hydrogen) atoms. The summed E-state index contributed by atoms with van der Waals surface area (Å²) in [7, 11) is 1.90. The Morgan fingerprint density at radius 1 is 1.24 bits per heavy atom. The molecule has 1 amide bonds. The summed E-state index contributed by atoms with van der Waals surface area (Å²) in [6.45, 7) is 0.868. The summed E-state index contributed by atoms with van der Waals surface area (Å²) in [5, 5.41) is 8.02. The lowest BCUT2D eigenvalue weighted by molar-refractivity contribution is -0.0629. The van der Waals surface area contributed by atoms with Gasteiger partial charge in [-0.25, -0.2) is 0 Å². The standard InChI is InChI=1S/C15H20ClN3OS/c1-19(13(20)12-17-18-14(16)21-12)8-15-5-9-2-10(6-15)4-11(3-9)7-15/h9-11H,2-8H2,1H3. The van der Waals surface area contributed by atoms with Gasteiger partial charge in [0.2, 0.25) is 9.47 Å². The van der Waals surface area contributed by atoms with Gasteiger partial charge < -0.3 is 4.90 Å². The van der Waals surface area contributed by atoms with E-state index in [0.29, 0.717) is 14.9 Å². The Morgan fingerprint density at radius 2 is 1.81 bits per heavy atom. The summed E-state index contributed by atoms with van der Waals surface area (Å²) in [6.07, 6.45) is 8.24. The van der Waals surface area contributed by atoms with E-state index < -0.39 is 0 Å². The van der Waals surface area contributed by atoms with Crippen LogP contribution in [0.25, 0.3) is 0 Å². The number of aromatic nitrogens is 2. The van der Waals surface area contributed by atoms with Gasteiger partial charge in [0, 0.05) is 13.6 Å². The Bertz CT molecular complexity index is 538. The van der Waals surface area contributed by atoms with Gasteiger partial charge in [0.1, 0.15) is 0 Å². The third-order valence-electron chi connectivity index (χ3n) is 5.67. The van der Waals surface area contributed by atoms with Crippen molar-refractivity contribution in [3.05, 3.63) is 9.47 Å². The predicted molar refractivity (Wildman–Crippen MR) is 82.5 cm³/mol.